The number of aromatic carboxylic acids is 1. The quantitative estimate of drug-likeness (QED) is 0.678. The van der Waals surface area contributed by atoms with E-state index in [4.69, 9.17) is 5.11 Å². The van der Waals surface area contributed by atoms with E-state index in [-0.39, 0.29) is 11.4 Å². The first-order chi connectivity index (χ1) is 9.86. The second kappa shape index (κ2) is 6.01. The molecule has 6 nitrogen and oxygen atoms in total. The maximum Gasteiger partial charge on any atom is 0.354 e. The minimum atomic E-state index is -1.13. The topological polar surface area (TPSA) is 94.2 Å². The molecule has 0 saturated carbocycles. The summed E-state index contributed by atoms with van der Waals surface area (Å²) in [5, 5.41) is 14.3. The van der Waals surface area contributed by atoms with Crippen LogP contribution in [0.15, 0.2) is 28.7 Å². The van der Waals surface area contributed by atoms with E-state index >= 15 is 0 Å². The normalized spacial score (nSPS) is 10.2. The fraction of sp³-hybridized carbons (Fsp3) is 0.143. The highest BCUT2D eigenvalue weighted by molar-refractivity contribution is 9.10. The van der Waals surface area contributed by atoms with Gasteiger partial charge in [0.05, 0.1) is 5.69 Å². The Morgan fingerprint density at radius 1 is 1.14 bits per heavy atom. The molecule has 0 atom stereocenters. The zero-order valence-corrected chi connectivity index (χ0v) is 13.0. The molecule has 0 bridgehead atoms. The molecular formula is C14H14BrN3O3. The van der Waals surface area contributed by atoms with Crippen LogP contribution in [0.2, 0.25) is 0 Å². The van der Waals surface area contributed by atoms with Crippen molar-refractivity contribution in [3.8, 4) is 0 Å². The Morgan fingerprint density at radius 3 is 2.43 bits per heavy atom. The molecular weight excluding hydrogens is 338 g/mol. The molecule has 1 aromatic carbocycles. The van der Waals surface area contributed by atoms with Gasteiger partial charge < -0.3 is 20.7 Å². The summed E-state index contributed by atoms with van der Waals surface area (Å²) < 4.78 is 0.917. The average molecular weight is 352 g/mol. The Bertz CT molecular complexity index is 709. The predicted octanol–water partition coefficient (Wildman–Crippen LogP) is 3.74. The van der Waals surface area contributed by atoms with Gasteiger partial charge in [0.2, 0.25) is 0 Å². The molecule has 1 aromatic heterocycles. The molecule has 0 saturated heterocycles. The smallest absolute Gasteiger partial charge is 0.354 e. The number of aromatic nitrogens is 1. The van der Waals surface area contributed by atoms with Crippen LogP contribution in [0.25, 0.3) is 0 Å². The number of amides is 2. The fourth-order valence-corrected chi connectivity index (χ4v) is 2.38. The first-order valence-corrected chi connectivity index (χ1v) is 6.93. The summed E-state index contributed by atoms with van der Waals surface area (Å²) in [5.74, 6) is -1.13. The van der Waals surface area contributed by atoms with Gasteiger partial charge in [-0.1, -0.05) is 15.9 Å². The molecule has 110 valence electrons. The summed E-state index contributed by atoms with van der Waals surface area (Å²) in [4.78, 5) is 25.7. The number of carboxylic acid groups (broad SMARTS) is 1. The van der Waals surface area contributed by atoms with Crippen molar-refractivity contribution < 1.29 is 14.7 Å². The molecule has 0 unspecified atom stereocenters. The molecule has 2 amide bonds. The molecule has 0 spiro atoms. The van der Waals surface area contributed by atoms with E-state index in [1.807, 2.05) is 19.1 Å². The van der Waals surface area contributed by atoms with Crippen LogP contribution in [0, 0.1) is 13.8 Å². The number of urea groups is 1. The summed E-state index contributed by atoms with van der Waals surface area (Å²) in [5.41, 5.74) is 2.38. The second-order valence-corrected chi connectivity index (χ2v) is 5.50. The molecule has 0 radical (unpaired) electrons. The van der Waals surface area contributed by atoms with Gasteiger partial charge in [0.25, 0.3) is 0 Å². The SMILES string of the molecule is Cc1cc(NC(=O)Nc2ccc(Br)cc2C)c(C(=O)O)[nH]1. The number of hydrogen-bond donors (Lipinski definition) is 4. The number of carbonyl (C=O) groups is 2. The van der Waals surface area contributed by atoms with Crippen molar-refractivity contribution in [1.29, 1.82) is 0 Å². The minimum Gasteiger partial charge on any atom is -0.477 e. The molecule has 0 aliphatic carbocycles. The lowest BCUT2D eigenvalue weighted by Crippen LogP contribution is -2.21. The van der Waals surface area contributed by atoms with Crippen LogP contribution in [0.3, 0.4) is 0 Å². The van der Waals surface area contributed by atoms with Gasteiger partial charge in [-0.25, -0.2) is 9.59 Å². The van der Waals surface area contributed by atoms with Crippen LogP contribution >= 0.6 is 15.9 Å². The van der Waals surface area contributed by atoms with Crippen molar-refractivity contribution in [3.05, 3.63) is 45.7 Å². The fourth-order valence-electron chi connectivity index (χ4n) is 1.90. The second-order valence-electron chi connectivity index (χ2n) is 4.58. The number of rotatable bonds is 3. The Morgan fingerprint density at radius 2 is 1.81 bits per heavy atom. The monoisotopic (exact) mass is 351 g/mol. The first-order valence-electron chi connectivity index (χ1n) is 6.14. The molecule has 21 heavy (non-hydrogen) atoms. The third kappa shape index (κ3) is 3.63. The van der Waals surface area contributed by atoms with Gasteiger partial charge in [-0.15, -0.1) is 0 Å². The van der Waals surface area contributed by atoms with Gasteiger partial charge in [0.1, 0.15) is 5.69 Å². The highest BCUT2D eigenvalue weighted by Crippen LogP contribution is 2.21. The number of carboxylic acids is 1. The van der Waals surface area contributed by atoms with Crippen molar-refractivity contribution in [1.82, 2.24) is 4.98 Å². The third-order valence-electron chi connectivity index (χ3n) is 2.85. The Hall–Kier alpha value is -2.28. The van der Waals surface area contributed by atoms with E-state index in [2.05, 4.69) is 31.5 Å². The van der Waals surface area contributed by atoms with Crippen molar-refractivity contribution >= 4 is 39.3 Å². The molecule has 0 aliphatic rings. The van der Waals surface area contributed by atoms with E-state index < -0.39 is 12.0 Å². The van der Waals surface area contributed by atoms with Gasteiger partial charge in [-0.2, -0.15) is 0 Å². The van der Waals surface area contributed by atoms with Crippen LogP contribution in [0.4, 0.5) is 16.2 Å². The summed E-state index contributed by atoms with van der Waals surface area (Å²) in [7, 11) is 0. The predicted molar refractivity (Wildman–Crippen MR) is 84.0 cm³/mol. The van der Waals surface area contributed by atoms with Gasteiger partial charge in [0, 0.05) is 15.9 Å². The lowest BCUT2D eigenvalue weighted by Gasteiger charge is -2.10. The number of halogens is 1. The van der Waals surface area contributed by atoms with Gasteiger partial charge in [-0.3, -0.25) is 0 Å². The largest absolute Gasteiger partial charge is 0.477 e. The lowest BCUT2D eigenvalue weighted by molar-refractivity contribution is 0.0692. The average Bonchev–Trinajstić information content (AvgIpc) is 2.74. The maximum atomic E-state index is 12.0. The van der Waals surface area contributed by atoms with Crippen LogP contribution in [0.5, 0.6) is 0 Å². The van der Waals surface area contributed by atoms with Crippen molar-refractivity contribution in [2.75, 3.05) is 10.6 Å². The summed E-state index contributed by atoms with van der Waals surface area (Å²) >= 11 is 3.35. The highest BCUT2D eigenvalue weighted by Gasteiger charge is 2.15. The zero-order chi connectivity index (χ0) is 15.6. The van der Waals surface area contributed by atoms with E-state index in [1.165, 1.54) is 0 Å². The number of aryl methyl sites for hydroxylation is 2. The van der Waals surface area contributed by atoms with E-state index in [0.717, 1.165) is 10.0 Å². The van der Waals surface area contributed by atoms with Crippen molar-refractivity contribution in [2.24, 2.45) is 0 Å². The Balaban J connectivity index is 2.13. The number of aromatic amines is 1. The molecule has 7 heteroatoms. The van der Waals surface area contributed by atoms with Crippen LogP contribution in [-0.4, -0.2) is 22.1 Å². The van der Waals surface area contributed by atoms with E-state index in [1.54, 1.807) is 19.1 Å². The number of anilines is 2. The molecule has 2 rings (SSSR count). The van der Waals surface area contributed by atoms with Crippen LogP contribution in [-0.2, 0) is 0 Å². The van der Waals surface area contributed by atoms with E-state index in [9.17, 15) is 9.59 Å². The molecule has 2 aromatic rings. The van der Waals surface area contributed by atoms with Crippen molar-refractivity contribution in [2.45, 2.75) is 13.8 Å². The summed E-state index contributed by atoms with van der Waals surface area (Å²) in [6.45, 7) is 3.58. The van der Waals surface area contributed by atoms with Crippen LogP contribution < -0.4 is 10.6 Å². The lowest BCUT2D eigenvalue weighted by atomic mass is 10.2. The van der Waals surface area contributed by atoms with Gasteiger partial charge in [-0.05, 0) is 43.7 Å². The number of carbonyl (C=O) groups excluding carboxylic acids is 1. The Kier molecular flexibility index (Phi) is 4.32. The standard InChI is InChI=1S/C14H14BrN3O3/c1-7-5-9(15)3-4-10(7)17-14(21)18-11-6-8(2)16-12(11)13(19)20/h3-6,16H,1-2H3,(H,19,20)(H2,17,18,21). The zero-order valence-electron chi connectivity index (χ0n) is 11.5. The molecule has 4 N–H and O–H groups in total. The van der Waals surface area contributed by atoms with Crippen molar-refractivity contribution in [3.63, 3.8) is 0 Å². The van der Waals surface area contributed by atoms with E-state index in [0.29, 0.717) is 11.4 Å². The third-order valence-corrected chi connectivity index (χ3v) is 3.34. The molecule has 1 heterocycles. The van der Waals surface area contributed by atoms with Crippen LogP contribution in [0.1, 0.15) is 21.7 Å². The number of nitrogens with one attached hydrogen (secondary N) is 3. The number of hydrogen-bond acceptors (Lipinski definition) is 2. The Labute approximate surface area is 129 Å². The maximum absolute atomic E-state index is 12.0. The molecule has 0 fully saturated rings. The summed E-state index contributed by atoms with van der Waals surface area (Å²) in [6.07, 6.45) is 0. The minimum absolute atomic E-state index is 0.0461. The molecule has 0 aliphatic heterocycles. The van der Waals surface area contributed by atoms with Gasteiger partial charge >= 0.3 is 12.0 Å². The number of benzene rings is 1. The highest BCUT2D eigenvalue weighted by atomic mass is 79.9. The number of H-pyrrole nitrogens is 1. The first kappa shape index (κ1) is 15.1. The van der Waals surface area contributed by atoms with Gasteiger partial charge in [0.15, 0.2) is 0 Å². The summed E-state index contributed by atoms with van der Waals surface area (Å²) in [6, 6.07) is 6.52.